The monoisotopic (exact) mass is 288 g/mol. The average Bonchev–Trinajstić information content (AvgIpc) is 2.54. The highest BCUT2D eigenvalue weighted by atomic mass is 14.8. The Bertz CT molecular complexity index is 818. The quantitative estimate of drug-likeness (QED) is 0.640. The van der Waals surface area contributed by atoms with E-state index in [0.717, 1.165) is 33.5 Å². The van der Waals surface area contributed by atoms with E-state index in [0.29, 0.717) is 5.92 Å². The molecule has 0 radical (unpaired) electrons. The summed E-state index contributed by atoms with van der Waals surface area (Å²) in [4.78, 5) is 9.78. The molecule has 0 amide bonds. The van der Waals surface area contributed by atoms with Gasteiger partial charge in [-0.05, 0) is 30.5 Å². The molecule has 0 aliphatic rings. The molecule has 110 valence electrons. The lowest BCUT2D eigenvalue weighted by Gasteiger charge is -2.13. The van der Waals surface area contributed by atoms with Gasteiger partial charge in [0.15, 0.2) is 0 Å². The maximum Gasteiger partial charge on any atom is 0.0927 e. The first-order valence-corrected chi connectivity index (χ1v) is 7.69. The molecule has 0 aliphatic carbocycles. The summed E-state index contributed by atoms with van der Waals surface area (Å²) in [5.41, 5.74) is 6.22. The van der Waals surface area contributed by atoms with Gasteiger partial charge in [0.2, 0.25) is 0 Å². The Morgan fingerprint density at radius 2 is 1.68 bits per heavy atom. The minimum atomic E-state index is 0.331. The molecule has 0 bridgehead atoms. The van der Waals surface area contributed by atoms with Crippen LogP contribution in [-0.4, -0.2) is 9.97 Å². The molecular formula is C20H20N2. The van der Waals surface area contributed by atoms with E-state index in [2.05, 4.69) is 44.2 Å². The first kappa shape index (κ1) is 14.5. The van der Waals surface area contributed by atoms with Gasteiger partial charge in [0.25, 0.3) is 0 Å². The first-order chi connectivity index (χ1) is 10.7. The molecule has 2 heteroatoms. The number of aromatic nitrogens is 2. The molecule has 0 saturated heterocycles. The van der Waals surface area contributed by atoms with Crippen molar-refractivity contribution in [3.8, 4) is 11.3 Å². The van der Waals surface area contributed by atoms with Crippen LogP contribution in [-0.2, 0) is 0 Å². The molecule has 2 aromatic carbocycles. The lowest BCUT2D eigenvalue weighted by atomic mass is 10.0. The van der Waals surface area contributed by atoms with Crippen molar-refractivity contribution in [3.05, 3.63) is 65.9 Å². The van der Waals surface area contributed by atoms with Crippen LogP contribution in [0.3, 0.4) is 0 Å². The van der Waals surface area contributed by atoms with E-state index in [1.807, 2.05) is 37.3 Å². The summed E-state index contributed by atoms with van der Waals surface area (Å²) in [5.74, 6) is 0.331. The van der Waals surface area contributed by atoms with Crippen LogP contribution < -0.4 is 0 Å². The molecule has 0 fully saturated rings. The Balaban J connectivity index is 2.24. The largest absolute Gasteiger partial charge is 0.249 e. The van der Waals surface area contributed by atoms with Crippen LogP contribution in [0.25, 0.3) is 28.4 Å². The van der Waals surface area contributed by atoms with Gasteiger partial charge in [-0.1, -0.05) is 62.4 Å². The van der Waals surface area contributed by atoms with Gasteiger partial charge in [-0.25, -0.2) is 9.97 Å². The summed E-state index contributed by atoms with van der Waals surface area (Å²) in [6.07, 6.45) is 4.12. The maximum absolute atomic E-state index is 4.90. The number of rotatable bonds is 3. The second-order valence-electron chi connectivity index (χ2n) is 5.73. The van der Waals surface area contributed by atoms with Gasteiger partial charge in [-0.15, -0.1) is 0 Å². The zero-order chi connectivity index (χ0) is 15.5. The standard InChI is InChI=1S/C20H20N2/c1-4-8-15-11-12-17-18(13-15)22-19(14(2)3)20(21-17)16-9-6-5-7-10-16/h4-14H,1-3H3/b8-4+. The van der Waals surface area contributed by atoms with Crippen LogP contribution in [0.15, 0.2) is 54.6 Å². The van der Waals surface area contributed by atoms with Gasteiger partial charge >= 0.3 is 0 Å². The number of fused-ring (bicyclic) bond motifs is 1. The second-order valence-corrected chi connectivity index (χ2v) is 5.73. The zero-order valence-corrected chi connectivity index (χ0v) is 13.2. The van der Waals surface area contributed by atoms with Crippen molar-refractivity contribution < 1.29 is 0 Å². The fourth-order valence-corrected chi connectivity index (χ4v) is 2.59. The highest BCUT2D eigenvalue weighted by Crippen LogP contribution is 2.28. The Kier molecular flexibility index (Phi) is 4.01. The third-order valence-electron chi connectivity index (χ3n) is 3.67. The molecular weight excluding hydrogens is 268 g/mol. The summed E-state index contributed by atoms with van der Waals surface area (Å²) in [7, 11) is 0. The van der Waals surface area contributed by atoms with E-state index < -0.39 is 0 Å². The van der Waals surface area contributed by atoms with E-state index in [-0.39, 0.29) is 0 Å². The molecule has 0 N–H and O–H groups in total. The molecule has 22 heavy (non-hydrogen) atoms. The summed E-state index contributed by atoms with van der Waals surface area (Å²) >= 11 is 0. The lowest BCUT2D eigenvalue weighted by Crippen LogP contribution is -2.01. The molecule has 0 unspecified atom stereocenters. The normalized spacial score (nSPS) is 11.6. The van der Waals surface area contributed by atoms with E-state index in [9.17, 15) is 0 Å². The van der Waals surface area contributed by atoms with Crippen LogP contribution in [0.5, 0.6) is 0 Å². The molecule has 0 saturated carbocycles. The van der Waals surface area contributed by atoms with Crippen molar-refractivity contribution in [1.29, 1.82) is 0 Å². The maximum atomic E-state index is 4.90. The van der Waals surface area contributed by atoms with Crippen molar-refractivity contribution in [2.75, 3.05) is 0 Å². The SMILES string of the molecule is C/C=C/c1ccc2nc(-c3ccccc3)c(C(C)C)nc2c1. The summed E-state index contributed by atoms with van der Waals surface area (Å²) in [6.45, 7) is 6.35. The minimum Gasteiger partial charge on any atom is -0.249 e. The first-order valence-electron chi connectivity index (χ1n) is 7.69. The van der Waals surface area contributed by atoms with Crippen molar-refractivity contribution in [3.63, 3.8) is 0 Å². The predicted octanol–water partition coefficient (Wildman–Crippen LogP) is 5.45. The smallest absolute Gasteiger partial charge is 0.0927 e. The molecule has 3 aromatic rings. The van der Waals surface area contributed by atoms with E-state index >= 15 is 0 Å². The zero-order valence-electron chi connectivity index (χ0n) is 13.2. The average molecular weight is 288 g/mol. The Labute approximate surface area is 131 Å². The van der Waals surface area contributed by atoms with Gasteiger partial charge in [-0.3, -0.25) is 0 Å². The molecule has 0 aliphatic heterocycles. The Morgan fingerprint density at radius 3 is 2.36 bits per heavy atom. The van der Waals surface area contributed by atoms with Crippen molar-refractivity contribution in [1.82, 2.24) is 9.97 Å². The van der Waals surface area contributed by atoms with Crippen LogP contribution >= 0.6 is 0 Å². The number of nitrogens with zero attached hydrogens (tertiary/aromatic N) is 2. The molecule has 1 aromatic heterocycles. The van der Waals surface area contributed by atoms with E-state index in [4.69, 9.17) is 9.97 Å². The third kappa shape index (κ3) is 2.77. The molecule has 0 atom stereocenters. The van der Waals surface area contributed by atoms with E-state index in [1.54, 1.807) is 0 Å². The number of benzene rings is 2. The van der Waals surface area contributed by atoms with Crippen molar-refractivity contribution >= 4 is 17.1 Å². The van der Waals surface area contributed by atoms with E-state index in [1.165, 1.54) is 0 Å². The van der Waals surface area contributed by atoms with Gasteiger partial charge in [0.05, 0.1) is 22.4 Å². The highest BCUT2D eigenvalue weighted by Gasteiger charge is 2.13. The van der Waals surface area contributed by atoms with Crippen molar-refractivity contribution in [2.45, 2.75) is 26.7 Å². The highest BCUT2D eigenvalue weighted by molar-refractivity contribution is 5.81. The van der Waals surface area contributed by atoms with Crippen LogP contribution in [0.2, 0.25) is 0 Å². The third-order valence-corrected chi connectivity index (χ3v) is 3.67. The lowest BCUT2D eigenvalue weighted by molar-refractivity contribution is 0.825. The van der Waals surface area contributed by atoms with Crippen LogP contribution in [0.1, 0.15) is 37.9 Å². The Morgan fingerprint density at radius 1 is 0.909 bits per heavy atom. The number of hydrogen-bond acceptors (Lipinski definition) is 2. The van der Waals surface area contributed by atoms with Crippen LogP contribution in [0, 0.1) is 0 Å². The molecule has 1 heterocycles. The second kappa shape index (κ2) is 6.10. The molecule has 2 nitrogen and oxygen atoms in total. The minimum absolute atomic E-state index is 0.331. The fraction of sp³-hybridized carbons (Fsp3) is 0.200. The van der Waals surface area contributed by atoms with Gasteiger partial charge in [0, 0.05) is 5.56 Å². The van der Waals surface area contributed by atoms with Gasteiger partial charge in [-0.2, -0.15) is 0 Å². The summed E-state index contributed by atoms with van der Waals surface area (Å²) in [6, 6.07) is 16.5. The fourth-order valence-electron chi connectivity index (χ4n) is 2.59. The Hall–Kier alpha value is -2.48. The molecule has 0 spiro atoms. The predicted molar refractivity (Wildman–Crippen MR) is 93.8 cm³/mol. The van der Waals surface area contributed by atoms with Crippen LogP contribution in [0.4, 0.5) is 0 Å². The summed E-state index contributed by atoms with van der Waals surface area (Å²) in [5, 5.41) is 0. The summed E-state index contributed by atoms with van der Waals surface area (Å²) < 4.78 is 0. The topological polar surface area (TPSA) is 25.8 Å². The molecule has 3 rings (SSSR count). The van der Waals surface area contributed by atoms with Crippen molar-refractivity contribution in [2.24, 2.45) is 0 Å². The van der Waals surface area contributed by atoms with Gasteiger partial charge < -0.3 is 0 Å². The number of hydrogen-bond donors (Lipinski definition) is 0. The number of allylic oxidation sites excluding steroid dienone is 1. The van der Waals surface area contributed by atoms with Gasteiger partial charge in [0.1, 0.15) is 0 Å².